The summed E-state index contributed by atoms with van der Waals surface area (Å²) in [5.74, 6) is 0.258. The third-order valence-corrected chi connectivity index (χ3v) is 5.35. The van der Waals surface area contributed by atoms with Crippen molar-refractivity contribution in [1.29, 1.82) is 0 Å². The molecular weight excluding hydrogens is 426 g/mol. The smallest absolute Gasteiger partial charge is 0.410 e. The number of anilines is 3. The third-order valence-electron chi connectivity index (χ3n) is 5.35. The Kier molecular flexibility index (Phi) is 7.09. The number of likely N-dealkylation sites (tertiary alicyclic amines) is 1. The lowest BCUT2D eigenvalue weighted by Crippen LogP contribution is -2.50. The zero-order valence-corrected chi connectivity index (χ0v) is 20.4. The molecule has 11 heteroatoms. The topological polar surface area (TPSA) is 115 Å². The van der Waals surface area contributed by atoms with Crippen LogP contribution >= 0.6 is 0 Å². The van der Waals surface area contributed by atoms with E-state index in [-0.39, 0.29) is 17.7 Å². The van der Waals surface area contributed by atoms with Crippen LogP contribution in [0, 0.1) is 6.92 Å². The number of nitrogens with one attached hydrogen (secondary N) is 1. The number of aryl methyl sites for hydroxylation is 2. The van der Waals surface area contributed by atoms with Crippen LogP contribution in [-0.4, -0.2) is 75.6 Å². The maximum absolute atomic E-state index is 12.6. The van der Waals surface area contributed by atoms with Gasteiger partial charge in [0.05, 0.1) is 24.7 Å². The third kappa shape index (κ3) is 5.91. The Balaban J connectivity index is 1.87. The van der Waals surface area contributed by atoms with E-state index in [1.807, 2.05) is 32.7 Å². The molecule has 0 bridgehead atoms. The number of piperidine rings is 1. The summed E-state index contributed by atoms with van der Waals surface area (Å²) in [6, 6.07) is 0.000821. The molecule has 180 valence electrons. The summed E-state index contributed by atoms with van der Waals surface area (Å²) < 4.78 is 12.1. The number of aromatic nitrogens is 4. The molecule has 2 aromatic rings. The van der Waals surface area contributed by atoms with E-state index in [1.54, 1.807) is 35.9 Å². The Labute approximate surface area is 194 Å². The number of ether oxygens (including phenoxy) is 2. The number of carbonyl (C=O) groups excluding carboxylic acids is 2. The molecule has 1 unspecified atom stereocenters. The van der Waals surface area contributed by atoms with Gasteiger partial charge >= 0.3 is 12.1 Å². The SMILES string of the molecule is COC(=O)c1c(C)nc(N(C)C2CCCN(C(=O)OC(C)(C)C)C2)nc1Nc1cnn(C)c1. The molecule has 3 rings (SSSR count). The van der Waals surface area contributed by atoms with Gasteiger partial charge in [-0.05, 0) is 40.5 Å². The lowest BCUT2D eigenvalue weighted by atomic mass is 10.1. The molecule has 0 aromatic carbocycles. The lowest BCUT2D eigenvalue weighted by Gasteiger charge is -2.38. The molecule has 1 amide bonds. The Hall–Kier alpha value is -3.37. The normalized spacial score (nSPS) is 16.3. The molecule has 1 N–H and O–H groups in total. The maximum Gasteiger partial charge on any atom is 0.410 e. The van der Waals surface area contributed by atoms with Crippen molar-refractivity contribution in [3.63, 3.8) is 0 Å². The van der Waals surface area contributed by atoms with Crippen molar-refractivity contribution in [2.75, 3.05) is 37.5 Å². The maximum atomic E-state index is 12.6. The number of amides is 1. The molecule has 0 aliphatic carbocycles. The molecule has 3 heterocycles. The van der Waals surface area contributed by atoms with E-state index in [2.05, 4.69) is 20.4 Å². The van der Waals surface area contributed by atoms with Crippen LogP contribution in [0.25, 0.3) is 0 Å². The molecule has 11 nitrogen and oxygen atoms in total. The molecule has 0 spiro atoms. The highest BCUT2D eigenvalue weighted by molar-refractivity contribution is 5.96. The number of methoxy groups -OCH3 is 1. The summed E-state index contributed by atoms with van der Waals surface area (Å²) >= 11 is 0. The molecule has 1 aliphatic heterocycles. The summed E-state index contributed by atoms with van der Waals surface area (Å²) in [4.78, 5) is 37.9. The Morgan fingerprint density at radius 1 is 1.27 bits per heavy atom. The average molecular weight is 460 g/mol. The fraction of sp³-hybridized carbons (Fsp3) is 0.591. The first-order valence-corrected chi connectivity index (χ1v) is 10.9. The number of carbonyl (C=O) groups is 2. The Morgan fingerprint density at radius 3 is 2.61 bits per heavy atom. The number of hydrogen-bond acceptors (Lipinski definition) is 9. The molecule has 1 atom stereocenters. The van der Waals surface area contributed by atoms with Crippen LogP contribution in [0.5, 0.6) is 0 Å². The van der Waals surface area contributed by atoms with Crippen molar-refractivity contribution in [1.82, 2.24) is 24.6 Å². The van der Waals surface area contributed by atoms with Gasteiger partial charge in [0.15, 0.2) is 5.82 Å². The minimum Gasteiger partial charge on any atom is -0.465 e. The molecule has 1 aliphatic rings. The van der Waals surface area contributed by atoms with Crippen LogP contribution in [0.2, 0.25) is 0 Å². The number of nitrogens with zero attached hydrogens (tertiary/aromatic N) is 6. The Bertz CT molecular complexity index is 1010. The summed E-state index contributed by atoms with van der Waals surface area (Å²) in [5, 5.41) is 7.30. The quantitative estimate of drug-likeness (QED) is 0.674. The molecule has 2 aromatic heterocycles. The monoisotopic (exact) mass is 459 g/mol. The standard InChI is InChI=1S/C22H33N7O4/c1-14-17(19(30)32-7)18(25-15-11-23-27(5)12-15)26-20(24-14)28(6)16-9-8-10-29(13-16)21(31)33-22(2,3)4/h11-12,16H,8-10,13H2,1-7H3,(H,24,25,26). The Morgan fingerprint density at radius 2 is 2.00 bits per heavy atom. The average Bonchev–Trinajstić information content (AvgIpc) is 3.15. The molecule has 0 saturated carbocycles. The number of hydrogen-bond donors (Lipinski definition) is 1. The van der Waals surface area contributed by atoms with E-state index in [4.69, 9.17) is 9.47 Å². The van der Waals surface area contributed by atoms with E-state index in [1.165, 1.54) is 7.11 Å². The van der Waals surface area contributed by atoms with Gasteiger partial charge in [-0.25, -0.2) is 14.6 Å². The molecule has 33 heavy (non-hydrogen) atoms. The van der Waals surface area contributed by atoms with Crippen LogP contribution in [0.1, 0.15) is 49.7 Å². The molecular formula is C22H33N7O4. The van der Waals surface area contributed by atoms with Crippen LogP contribution in [0.15, 0.2) is 12.4 Å². The van der Waals surface area contributed by atoms with Gasteiger partial charge in [0.2, 0.25) is 5.95 Å². The van der Waals surface area contributed by atoms with Crippen LogP contribution in [0.4, 0.5) is 22.2 Å². The van der Waals surface area contributed by atoms with Gasteiger partial charge in [-0.2, -0.15) is 10.1 Å². The highest BCUT2D eigenvalue weighted by atomic mass is 16.6. The summed E-state index contributed by atoms with van der Waals surface area (Å²) in [5.41, 5.74) is 0.887. The molecule has 1 fully saturated rings. The molecule has 0 radical (unpaired) electrons. The first-order valence-electron chi connectivity index (χ1n) is 10.9. The van der Waals surface area contributed by atoms with Crippen molar-refractivity contribution < 1.29 is 19.1 Å². The van der Waals surface area contributed by atoms with Gasteiger partial charge in [0, 0.05) is 39.4 Å². The second kappa shape index (κ2) is 9.63. The fourth-order valence-electron chi connectivity index (χ4n) is 3.70. The van der Waals surface area contributed by atoms with Gasteiger partial charge in [0.1, 0.15) is 11.2 Å². The number of rotatable bonds is 5. The summed E-state index contributed by atoms with van der Waals surface area (Å²) in [6.45, 7) is 8.46. The highest BCUT2D eigenvalue weighted by Crippen LogP contribution is 2.27. The van der Waals surface area contributed by atoms with Crippen molar-refractivity contribution >= 4 is 29.5 Å². The first kappa shape index (κ1) is 24.3. The van der Waals surface area contributed by atoms with Crippen molar-refractivity contribution in [3.8, 4) is 0 Å². The van der Waals surface area contributed by atoms with Gasteiger partial charge in [-0.15, -0.1) is 0 Å². The van der Waals surface area contributed by atoms with Gasteiger partial charge < -0.3 is 24.6 Å². The van der Waals surface area contributed by atoms with E-state index >= 15 is 0 Å². The van der Waals surface area contributed by atoms with E-state index in [0.717, 1.165) is 12.8 Å². The largest absolute Gasteiger partial charge is 0.465 e. The minimum absolute atomic E-state index is 0.000821. The highest BCUT2D eigenvalue weighted by Gasteiger charge is 2.31. The van der Waals surface area contributed by atoms with Gasteiger partial charge in [-0.1, -0.05) is 0 Å². The van der Waals surface area contributed by atoms with Crippen molar-refractivity contribution in [3.05, 3.63) is 23.7 Å². The summed E-state index contributed by atoms with van der Waals surface area (Å²) in [7, 11) is 5.02. The summed E-state index contributed by atoms with van der Waals surface area (Å²) in [6.07, 6.45) is 4.82. The number of esters is 1. The second-order valence-electron chi connectivity index (χ2n) is 9.19. The van der Waals surface area contributed by atoms with E-state index in [9.17, 15) is 9.59 Å². The van der Waals surface area contributed by atoms with Gasteiger partial charge in [0.25, 0.3) is 0 Å². The van der Waals surface area contributed by atoms with Crippen LogP contribution < -0.4 is 10.2 Å². The molecule has 1 saturated heterocycles. The van der Waals surface area contributed by atoms with Crippen molar-refractivity contribution in [2.24, 2.45) is 7.05 Å². The predicted molar refractivity (Wildman–Crippen MR) is 124 cm³/mol. The van der Waals surface area contributed by atoms with Gasteiger partial charge in [-0.3, -0.25) is 4.68 Å². The minimum atomic E-state index is -0.549. The lowest BCUT2D eigenvalue weighted by molar-refractivity contribution is 0.0198. The van der Waals surface area contributed by atoms with E-state index < -0.39 is 11.6 Å². The number of likely N-dealkylation sites (N-methyl/N-ethyl adjacent to an activating group) is 1. The fourth-order valence-corrected chi connectivity index (χ4v) is 3.70. The van der Waals surface area contributed by atoms with Crippen LogP contribution in [0.3, 0.4) is 0 Å². The first-order chi connectivity index (χ1) is 15.5. The second-order valence-corrected chi connectivity index (χ2v) is 9.19. The predicted octanol–water partition coefficient (Wildman–Crippen LogP) is 2.88. The zero-order valence-electron chi connectivity index (χ0n) is 20.4. The van der Waals surface area contributed by atoms with Crippen LogP contribution in [-0.2, 0) is 16.5 Å². The van der Waals surface area contributed by atoms with Crippen molar-refractivity contribution in [2.45, 2.75) is 52.2 Å². The zero-order chi connectivity index (χ0) is 24.3. The van der Waals surface area contributed by atoms with E-state index in [0.29, 0.717) is 36.2 Å².